The van der Waals surface area contributed by atoms with E-state index in [0.29, 0.717) is 0 Å². The van der Waals surface area contributed by atoms with Gasteiger partial charge in [-0.05, 0) is 245 Å². The molecule has 0 spiro atoms. The molecule has 0 bridgehead atoms. The molecular formula is C138H102N2Si4. The van der Waals surface area contributed by atoms with E-state index < -0.39 is 32.3 Å². The number of hydrogen-bond donors (Lipinski definition) is 0. The second-order valence-electron chi connectivity index (χ2n) is 37.5. The van der Waals surface area contributed by atoms with Crippen molar-refractivity contribution in [3.8, 4) is 44.5 Å². The van der Waals surface area contributed by atoms with Crippen molar-refractivity contribution in [1.82, 2.24) is 0 Å². The first kappa shape index (κ1) is 89.2. The van der Waals surface area contributed by atoms with Gasteiger partial charge in [0.15, 0.2) is 32.3 Å². The normalized spacial score (nSPS) is 11.8. The van der Waals surface area contributed by atoms with Gasteiger partial charge in [0.1, 0.15) is 0 Å². The number of nitrogens with zero attached hydrogens (tertiary/aromatic N) is 2. The predicted molar refractivity (Wildman–Crippen MR) is 625 cm³/mol. The number of benzene rings is 24. The van der Waals surface area contributed by atoms with Crippen LogP contribution in [0, 0.1) is 0 Å². The Balaban J connectivity index is 0.608. The van der Waals surface area contributed by atoms with Crippen LogP contribution in [-0.4, -0.2) is 32.3 Å². The molecule has 0 aliphatic rings. The lowest BCUT2D eigenvalue weighted by atomic mass is 9.87. The van der Waals surface area contributed by atoms with Gasteiger partial charge in [-0.3, -0.25) is 0 Å². The fraction of sp³-hybridized carbons (Fsp3) is 0. The molecule has 24 aromatic rings. The van der Waals surface area contributed by atoms with Gasteiger partial charge in [0.25, 0.3) is 0 Å². The number of hydrogen-bond acceptors (Lipinski definition) is 2. The fourth-order valence-electron chi connectivity index (χ4n) is 23.4. The van der Waals surface area contributed by atoms with Crippen LogP contribution in [0.2, 0.25) is 0 Å². The molecule has 2 nitrogen and oxygen atoms in total. The Morgan fingerprint density at radius 3 is 0.465 bits per heavy atom. The average Bonchev–Trinajstić information content (AvgIpc) is 0.753. The Morgan fingerprint density at radius 1 is 0.0972 bits per heavy atom. The summed E-state index contributed by atoms with van der Waals surface area (Å²) in [4.78, 5) is 4.89. The van der Waals surface area contributed by atoms with Crippen LogP contribution in [0.4, 0.5) is 34.1 Å². The fourth-order valence-corrected chi connectivity index (χ4v) is 42.4. The van der Waals surface area contributed by atoms with Gasteiger partial charge in [-0.25, -0.2) is 0 Å². The third kappa shape index (κ3) is 16.0. The van der Waals surface area contributed by atoms with Crippen LogP contribution in [0.3, 0.4) is 0 Å². The monoisotopic (exact) mass is 1900 g/mol. The van der Waals surface area contributed by atoms with Crippen molar-refractivity contribution in [3.63, 3.8) is 0 Å². The zero-order valence-electron chi connectivity index (χ0n) is 79.8. The Morgan fingerprint density at radius 2 is 0.257 bits per heavy atom. The standard InChI is InChI=1S/C138H102N2Si4/c1-13-45-115(46-14-1)141(116-47-15-2-16-48-116,117-49-17-3-18-50-117)127-95-91-113(92-96-127)139(109-83-75-103(76-84-109)107-43-41-69-129(99-107)143(121-57-25-7-26-58-121,122-59-27-8-28-60-122)123-61-29-9-30-62-123)111-87-79-105(80-88-111)135-101-137-134-74-40-38-72-132(134)136(102-138(137)133-73-39-37-71-131(133)135)106-81-89-112(90-82-106)140(114-93-97-128(98-94-114)142(118-51-19-4-20-52-118,119-53-21-5-22-54-119)120-55-23-6-24-56-120)110-85-77-104(78-86-110)108-44-42-70-130(100-108)144(124-63-31-10-32-64-124,125-65-33-11-34-66-125)126-67-35-12-36-68-126/h1-102H. The molecule has 0 unspecified atom stereocenters. The SMILES string of the molecule is c1ccc([Si](c2ccccc2)(c2ccccc2)c2ccc(N(c3ccc(-c4cccc([Si](c5ccccc5)(c5ccccc5)c5ccccc5)c4)cc3)c3ccc(-c4cc5c6ccccc6c(-c6ccc(N(c7ccc(-c8cccc([Si](c9ccccc9)(c9ccccc9)c9ccccc9)c8)cc7)c7ccc([Si](c8ccccc8)(c8ccccc8)c8ccccc8)cc7)cc6)cc5c5ccccc45)cc3)cc2)cc1. The number of anilines is 6. The van der Waals surface area contributed by atoms with Crippen LogP contribution in [0.5, 0.6) is 0 Å². The Hall–Kier alpha value is -17.5. The highest BCUT2D eigenvalue weighted by atomic mass is 28.3. The molecule has 0 aromatic heterocycles. The molecule has 24 rings (SSSR count). The lowest BCUT2D eigenvalue weighted by molar-refractivity contribution is 1.28. The lowest BCUT2D eigenvalue weighted by Crippen LogP contribution is -2.74. The summed E-state index contributed by atoms with van der Waals surface area (Å²) in [6.07, 6.45) is 0. The number of rotatable bonds is 26. The Kier molecular flexibility index (Phi) is 24.3. The topological polar surface area (TPSA) is 6.48 Å². The lowest BCUT2D eigenvalue weighted by Gasteiger charge is -2.35. The highest BCUT2D eigenvalue weighted by Gasteiger charge is 2.46. The minimum Gasteiger partial charge on any atom is -0.311 e. The van der Waals surface area contributed by atoms with Crippen molar-refractivity contribution in [2.75, 3.05) is 9.80 Å². The van der Waals surface area contributed by atoms with Gasteiger partial charge in [-0.2, -0.15) is 0 Å². The average molecular weight is 1900 g/mol. The molecule has 0 aliphatic carbocycles. The molecular weight excluding hydrogens is 1800 g/mol. The van der Waals surface area contributed by atoms with Crippen molar-refractivity contribution in [1.29, 1.82) is 0 Å². The van der Waals surface area contributed by atoms with Gasteiger partial charge in [0, 0.05) is 34.1 Å². The smallest absolute Gasteiger partial charge is 0.179 e. The summed E-state index contributed by atoms with van der Waals surface area (Å²) in [6.45, 7) is 0. The van der Waals surface area contributed by atoms with Gasteiger partial charge >= 0.3 is 0 Å². The van der Waals surface area contributed by atoms with Gasteiger partial charge in [0.05, 0.1) is 0 Å². The van der Waals surface area contributed by atoms with Crippen LogP contribution in [0.1, 0.15) is 0 Å². The highest BCUT2D eigenvalue weighted by molar-refractivity contribution is 7.22. The molecule has 0 atom stereocenters. The summed E-state index contributed by atoms with van der Waals surface area (Å²) in [6, 6.07) is 233. The van der Waals surface area contributed by atoms with Crippen LogP contribution in [-0.2, 0) is 0 Å². The third-order valence-electron chi connectivity index (χ3n) is 29.9. The van der Waals surface area contributed by atoms with E-state index in [1.54, 1.807) is 0 Å². The van der Waals surface area contributed by atoms with E-state index in [2.05, 4.69) is 629 Å². The van der Waals surface area contributed by atoms with Crippen molar-refractivity contribution in [2.45, 2.75) is 0 Å². The maximum atomic E-state index is 2.47. The molecule has 0 N–H and O–H groups in total. The Labute approximate surface area is 848 Å². The predicted octanol–water partition coefficient (Wildman–Crippen LogP) is 24.3. The minimum atomic E-state index is -2.87. The van der Waals surface area contributed by atoms with Gasteiger partial charge < -0.3 is 9.80 Å². The first-order valence-corrected chi connectivity index (χ1v) is 57.9. The first-order chi connectivity index (χ1) is 71.4. The van der Waals surface area contributed by atoms with E-state index in [1.807, 2.05) is 0 Å². The minimum absolute atomic E-state index is 1.05. The summed E-state index contributed by atoms with van der Waals surface area (Å²) in [5.41, 5.74) is 15.6. The van der Waals surface area contributed by atoms with E-state index in [9.17, 15) is 0 Å². The molecule has 24 aromatic carbocycles. The molecule has 144 heavy (non-hydrogen) atoms. The van der Waals surface area contributed by atoms with Crippen LogP contribution in [0.25, 0.3) is 76.8 Å². The molecule has 0 amide bonds. The van der Waals surface area contributed by atoms with E-state index in [0.717, 1.165) is 56.4 Å². The van der Waals surface area contributed by atoms with Crippen molar-refractivity contribution >= 4 is 182 Å². The second-order valence-corrected chi connectivity index (χ2v) is 52.8. The van der Waals surface area contributed by atoms with Crippen molar-refractivity contribution in [3.05, 3.63) is 619 Å². The van der Waals surface area contributed by atoms with Crippen LogP contribution in [0.15, 0.2) is 619 Å². The van der Waals surface area contributed by atoms with Gasteiger partial charge in [-0.1, -0.05) is 534 Å². The van der Waals surface area contributed by atoms with E-state index in [4.69, 9.17) is 0 Å². The van der Waals surface area contributed by atoms with E-state index in [1.165, 1.54) is 138 Å². The summed E-state index contributed by atoms with van der Waals surface area (Å²) >= 11 is 0. The summed E-state index contributed by atoms with van der Waals surface area (Å²) < 4.78 is 0. The molecule has 0 saturated heterocycles. The summed E-state index contributed by atoms with van der Waals surface area (Å²) in [7, 11) is -11.4. The second kappa shape index (κ2) is 39.3. The zero-order valence-corrected chi connectivity index (χ0v) is 83.8. The summed E-state index contributed by atoms with van der Waals surface area (Å²) in [5.74, 6) is 0. The third-order valence-corrected chi connectivity index (χ3v) is 49.0. The summed E-state index contributed by atoms with van der Waals surface area (Å²) in [5, 5.41) is 28.6. The van der Waals surface area contributed by atoms with E-state index >= 15 is 0 Å². The molecule has 0 radical (unpaired) electrons. The molecule has 0 saturated carbocycles. The molecule has 0 heterocycles. The van der Waals surface area contributed by atoms with Crippen molar-refractivity contribution in [2.24, 2.45) is 0 Å². The molecule has 0 aliphatic heterocycles. The largest absolute Gasteiger partial charge is 0.311 e. The van der Waals surface area contributed by atoms with Gasteiger partial charge in [-0.15, -0.1) is 0 Å². The molecule has 0 fully saturated rings. The Bertz CT molecular complexity index is 7670. The van der Waals surface area contributed by atoms with Crippen LogP contribution >= 0.6 is 0 Å². The maximum absolute atomic E-state index is 2.87. The quantitative estimate of drug-likeness (QED) is 0.0303. The maximum Gasteiger partial charge on any atom is 0.179 e. The van der Waals surface area contributed by atoms with E-state index in [-0.39, 0.29) is 0 Å². The highest BCUT2D eigenvalue weighted by Crippen LogP contribution is 2.45. The zero-order chi connectivity index (χ0) is 96.1. The molecule has 6 heteroatoms. The van der Waals surface area contributed by atoms with Crippen LogP contribution < -0.4 is 92.8 Å². The van der Waals surface area contributed by atoms with Gasteiger partial charge in [0.2, 0.25) is 0 Å². The number of fused-ring (bicyclic) bond motifs is 5. The first-order valence-electron chi connectivity index (χ1n) is 49.9. The molecule has 680 valence electrons. The van der Waals surface area contributed by atoms with Crippen molar-refractivity contribution < 1.29 is 0 Å².